The molecule has 0 saturated carbocycles. The Morgan fingerprint density at radius 2 is 1.35 bits per heavy atom. The maximum absolute atomic E-state index is 13.4. The number of Topliss-reactive ketones (excluding diaryl/α,β-unsaturated/α-hetero) is 4. The number of rotatable bonds is 4. The van der Waals surface area contributed by atoms with Crippen molar-refractivity contribution in [1.82, 2.24) is 0 Å². The molecule has 1 aliphatic carbocycles. The van der Waals surface area contributed by atoms with Gasteiger partial charge in [-0.25, -0.2) is 0 Å². The van der Waals surface area contributed by atoms with Crippen LogP contribution in [0.4, 0.5) is 5.69 Å². The van der Waals surface area contributed by atoms with Gasteiger partial charge >= 0.3 is 0 Å². The minimum absolute atomic E-state index is 0.301. The fourth-order valence-electron chi connectivity index (χ4n) is 5.99. The van der Waals surface area contributed by atoms with Crippen molar-refractivity contribution in [3.8, 4) is 0 Å². The van der Waals surface area contributed by atoms with Crippen LogP contribution in [-0.2, 0) is 27.8 Å². The van der Waals surface area contributed by atoms with Crippen LogP contribution in [0.2, 0.25) is 0 Å². The van der Waals surface area contributed by atoms with Crippen LogP contribution in [0.5, 0.6) is 0 Å². The molecule has 5 heteroatoms. The lowest BCUT2D eigenvalue weighted by molar-refractivity contribution is -0.134. The van der Waals surface area contributed by atoms with E-state index in [1.807, 2.05) is 12.1 Å². The molecule has 0 amide bonds. The Labute approximate surface area is 181 Å². The zero-order chi connectivity index (χ0) is 21.9. The number of fused-ring (bicyclic) bond motifs is 1. The predicted octanol–water partition coefficient (Wildman–Crippen LogP) is 3.50. The molecule has 2 aromatic carbocycles. The second kappa shape index (κ2) is 6.98. The predicted molar refractivity (Wildman–Crippen MR) is 117 cm³/mol. The van der Waals surface area contributed by atoms with Gasteiger partial charge in [-0.2, -0.15) is 0 Å². The SMILES string of the molecule is CC(=O)C(C(C)=O)(c1cc2c3c(c1)CCCN3CCC2)C1C(=O)c2ccccc2C1=O. The van der Waals surface area contributed by atoms with Gasteiger partial charge in [-0.15, -0.1) is 0 Å². The van der Waals surface area contributed by atoms with Gasteiger partial charge in [0.05, 0.1) is 0 Å². The van der Waals surface area contributed by atoms with Gasteiger partial charge in [0.25, 0.3) is 0 Å². The first-order valence-electron chi connectivity index (χ1n) is 11.0. The van der Waals surface area contributed by atoms with Crippen LogP contribution in [-0.4, -0.2) is 36.2 Å². The maximum atomic E-state index is 13.4. The van der Waals surface area contributed by atoms with E-state index in [0.29, 0.717) is 16.7 Å². The first-order chi connectivity index (χ1) is 14.9. The monoisotopic (exact) mass is 415 g/mol. The van der Waals surface area contributed by atoms with E-state index in [-0.39, 0.29) is 0 Å². The first kappa shape index (κ1) is 19.9. The molecule has 0 spiro atoms. The van der Waals surface area contributed by atoms with Gasteiger partial charge < -0.3 is 4.90 Å². The number of hydrogen-bond donors (Lipinski definition) is 0. The number of anilines is 1. The van der Waals surface area contributed by atoms with E-state index >= 15 is 0 Å². The molecule has 0 saturated heterocycles. The summed E-state index contributed by atoms with van der Waals surface area (Å²) in [7, 11) is 0. The number of aryl methyl sites for hydroxylation is 2. The molecule has 0 atom stereocenters. The lowest BCUT2D eigenvalue weighted by Crippen LogP contribution is -2.52. The molecule has 5 nitrogen and oxygen atoms in total. The molecule has 3 aliphatic rings. The van der Waals surface area contributed by atoms with Crippen LogP contribution in [0.1, 0.15) is 64.1 Å². The Bertz CT molecular complexity index is 1080. The molecule has 2 aromatic rings. The van der Waals surface area contributed by atoms with Gasteiger partial charge in [0.2, 0.25) is 0 Å². The van der Waals surface area contributed by atoms with E-state index in [0.717, 1.165) is 49.9 Å². The molecular weight excluding hydrogens is 390 g/mol. The van der Waals surface area contributed by atoms with E-state index in [4.69, 9.17) is 0 Å². The number of carbonyl (C=O) groups is 4. The Balaban J connectivity index is 1.76. The van der Waals surface area contributed by atoms with Gasteiger partial charge in [0.15, 0.2) is 11.6 Å². The van der Waals surface area contributed by atoms with Crippen molar-refractivity contribution in [2.75, 3.05) is 18.0 Å². The highest BCUT2D eigenvalue weighted by Crippen LogP contribution is 2.46. The summed E-state index contributed by atoms with van der Waals surface area (Å²) < 4.78 is 0. The number of carbonyl (C=O) groups excluding carboxylic acids is 4. The zero-order valence-electron chi connectivity index (χ0n) is 17.9. The quantitative estimate of drug-likeness (QED) is 0.715. The van der Waals surface area contributed by atoms with E-state index in [1.54, 1.807) is 24.3 Å². The van der Waals surface area contributed by atoms with Gasteiger partial charge in [0.1, 0.15) is 22.9 Å². The molecule has 0 N–H and O–H groups in total. The van der Waals surface area contributed by atoms with Crippen molar-refractivity contribution in [2.45, 2.75) is 44.9 Å². The van der Waals surface area contributed by atoms with Crippen molar-refractivity contribution in [3.05, 3.63) is 64.2 Å². The molecule has 0 fully saturated rings. The summed E-state index contributed by atoms with van der Waals surface area (Å²) in [4.78, 5) is 55.7. The second-order valence-electron chi connectivity index (χ2n) is 8.96. The van der Waals surface area contributed by atoms with Crippen molar-refractivity contribution >= 4 is 28.8 Å². The summed E-state index contributed by atoms with van der Waals surface area (Å²) in [6.07, 6.45) is 3.75. The molecule has 0 bridgehead atoms. The molecule has 5 rings (SSSR count). The minimum atomic E-state index is -1.79. The standard InChI is InChI=1S/C26H25NO4/c1-15(28)26(16(2)29,22-24(30)20-9-3-4-10-21(20)25(22)31)19-13-17-7-5-11-27-12-6-8-18(14-19)23(17)27/h3-4,9-10,13-14,22H,5-8,11-12H2,1-2H3. The molecule has 31 heavy (non-hydrogen) atoms. The normalized spacial score (nSPS) is 18.1. The smallest absolute Gasteiger partial charge is 0.176 e. The van der Waals surface area contributed by atoms with Gasteiger partial charge in [-0.1, -0.05) is 36.4 Å². The Kier molecular flexibility index (Phi) is 4.47. The van der Waals surface area contributed by atoms with E-state index < -0.39 is 34.5 Å². The highest BCUT2D eigenvalue weighted by molar-refractivity contribution is 6.32. The van der Waals surface area contributed by atoms with E-state index in [2.05, 4.69) is 4.90 Å². The van der Waals surface area contributed by atoms with Crippen LogP contribution in [0, 0.1) is 5.92 Å². The van der Waals surface area contributed by atoms with Gasteiger partial charge in [0, 0.05) is 29.9 Å². The van der Waals surface area contributed by atoms with Crippen molar-refractivity contribution in [3.63, 3.8) is 0 Å². The highest BCUT2D eigenvalue weighted by Gasteiger charge is 2.59. The molecule has 2 heterocycles. The minimum Gasteiger partial charge on any atom is -0.371 e. The zero-order valence-corrected chi connectivity index (χ0v) is 17.9. The molecule has 0 unspecified atom stereocenters. The van der Waals surface area contributed by atoms with E-state index in [9.17, 15) is 19.2 Å². The summed E-state index contributed by atoms with van der Waals surface area (Å²) in [5.74, 6) is -3.10. The van der Waals surface area contributed by atoms with Gasteiger partial charge in [-0.05, 0) is 56.2 Å². The summed E-state index contributed by atoms with van der Waals surface area (Å²) in [6, 6.07) is 10.5. The van der Waals surface area contributed by atoms with Crippen molar-refractivity contribution < 1.29 is 19.2 Å². The number of benzene rings is 2. The number of nitrogens with zero attached hydrogens (tertiary/aromatic N) is 1. The largest absolute Gasteiger partial charge is 0.371 e. The Hall–Kier alpha value is -3.08. The summed E-state index contributed by atoms with van der Waals surface area (Å²) in [5.41, 5.74) is 2.75. The molecule has 0 radical (unpaired) electrons. The fraction of sp³-hybridized carbons (Fsp3) is 0.385. The molecule has 158 valence electrons. The third-order valence-electron chi connectivity index (χ3n) is 7.31. The third kappa shape index (κ3) is 2.62. The fourth-order valence-corrected chi connectivity index (χ4v) is 5.99. The second-order valence-corrected chi connectivity index (χ2v) is 8.96. The Morgan fingerprint density at radius 1 is 0.871 bits per heavy atom. The lowest BCUT2D eigenvalue weighted by Gasteiger charge is -2.40. The van der Waals surface area contributed by atoms with Crippen LogP contribution in [0.15, 0.2) is 36.4 Å². The van der Waals surface area contributed by atoms with Crippen LogP contribution in [0.25, 0.3) is 0 Å². The van der Waals surface area contributed by atoms with Crippen LogP contribution in [0.3, 0.4) is 0 Å². The lowest BCUT2D eigenvalue weighted by atomic mass is 9.62. The van der Waals surface area contributed by atoms with Crippen molar-refractivity contribution in [1.29, 1.82) is 0 Å². The van der Waals surface area contributed by atoms with Crippen LogP contribution >= 0.6 is 0 Å². The van der Waals surface area contributed by atoms with Gasteiger partial charge in [-0.3, -0.25) is 19.2 Å². The summed E-state index contributed by atoms with van der Waals surface area (Å²) >= 11 is 0. The van der Waals surface area contributed by atoms with E-state index in [1.165, 1.54) is 19.5 Å². The molecular formula is C26H25NO4. The Morgan fingerprint density at radius 3 is 1.81 bits per heavy atom. The topological polar surface area (TPSA) is 71.5 Å². The highest BCUT2D eigenvalue weighted by atomic mass is 16.2. The summed E-state index contributed by atoms with van der Waals surface area (Å²) in [5, 5.41) is 0. The average molecular weight is 415 g/mol. The average Bonchev–Trinajstić information content (AvgIpc) is 3.00. The maximum Gasteiger partial charge on any atom is 0.176 e. The molecule has 2 aliphatic heterocycles. The molecule has 0 aromatic heterocycles. The third-order valence-corrected chi connectivity index (χ3v) is 7.31. The van der Waals surface area contributed by atoms with Crippen molar-refractivity contribution in [2.24, 2.45) is 5.92 Å². The number of hydrogen-bond acceptors (Lipinski definition) is 5. The summed E-state index contributed by atoms with van der Waals surface area (Å²) in [6.45, 7) is 4.70. The first-order valence-corrected chi connectivity index (χ1v) is 11.0. The number of ketones is 4. The van der Waals surface area contributed by atoms with Crippen LogP contribution < -0.4 is 4.90 Å².